The summed E-state index contributed by atoms with van der Waals surface area (Å²) in [5.41, 5.74) is 2.28. The van der Waals surface area contributed by atoms with Crippen LogP contribution in [0.2, 0.25) is 0 Å². The quantitative estimate of drug-likeness (QED) is 0.263. The zero-order chi connectivity index (χ0) is 23.4. The van der Waals surface area contributed by atoms with Crippen LogP contribution in [0, 0.1) is 0 Å². The maximum atomic E-state index is 12.7. The number of aromatic nitrogens is 2. The van der Waals surface area contributed by atoms with Crippen LogP contribution in [0.4, 0.5) is 0 Å². The highest BCUT2D eigenvalue weighted by Crippen LogP contribution is 2.15. The third-order valence-electron chi connectivity index (χ3n) is 4.47. The number of amides is 1. The molecule has 2 heterocycles. The zero-order valence-corrected chi connectivity index (χ0v) is 18.4. The van der Waals surface area contributed by atoms with Crippen molar-refractivity contribution in [2.24, 2.45) is 5.10 Å². The SMILES string of the molecule is CCOC(=O)c1nn(-c2ccc(OC)cc2)/c(=N/NC(=O)c2cc3ccccc3oc2=O)s1. The van der Waals surface area contributed by atoms with Crippen LogP contribution >= 0.6 is 11.3 Å². The monoisotopic (exact) mass is 466 g/mol. The lowest BCUT2D eigenvalue weighted by Crippen LogP contribution is -2.27. The van der Waals surface area contributed by atoms with E-state index in [9.17, 15) is 14.4 Å². The van der Waals surface area contributed by atoms with Gasteiger partial charge in [0.2, 0.25) is 9.81 Å². The molecule has 1 amide bonds. The number of carbonyl (C=O) groups excluding carboxylic acids is 2. The molecule has 11 heteroatoms. The van der Waals surface area contributed by atoms with Crippen molar-refractivity contribution in [1.82, 2.24) is 15.2 Å². The van der Waals surface area contributed by atoms with E-state index in [0.29, 0.717) is 22.4 Å². The number of hydrogen-bond acceptors (Lipinski definition) is 9. The molecule has 0 bridgehead atoms. The molecule has 0 saturated carbocycles. The largest absolute Gasteiger partial charge is 0.497 e. The van der Waals surface area contributed by atoms with Gasteiger partial charge in [0.15, 0.2) is 0 Å². The fourth-order valence-corrected chi connectivity index (χ4v) is 3.66. The maximum Gasteiger partial charge on any atom is 0.369 e. The van der Waals surface area contributed by atoms with Crippen molar-refractivity contribution in [3.63, 3.8) is 0 Å². The first-order valence-corrected chi connectivity index (χ1v) is 10.6. The molecule has 2 aromatic heterocycles. The van der Waals surface area contributed by atoms with Crippen LogP contribution < -0.4 is 20.6 Å². The Labute approximate surface area is 190 Å². The predicted molar refractivity (Wildman–Crippen MR) is 119 cm³/mol. The van der Waals surface area contributed by atoms with Crippen LogP contribution in [0.25, 0.3) is 16.7 Å². The molecule has 4 aromatic rings. The van der Waals surface area contributed by atoms with E-state index < -0.39 is 17.5 Å². The highest BCUT2D eigenvalue weighted by atomic mass is 32.1. The second kappa shape index (κ2) is 9.49. The van der Waals surface area contributed by atoms with Crippen LogP contribution in [0.5, 0.6) is 5.75 Å². The van der Waals surface area contributed by atoms with E-state index in [4.69, 9.17) is 13.9 Å². The van der Waals surface area contributed by atoms with Crippen molar-refractivity contribution in [3.05, 3.63) is 80.4 Å². The molecule has 4 rings (SSSR count). The molecule has 0 unspecified atom stereocenters. The average molecular weight is 466 g/mol. The molecule has 0 aliphatic heterocycles. The van der Waals surface area contributed by atoms with Crippen LogP contribution in [0.15, 0.2) is 68.9 Å². The number of nitrogens with zero attached hydrogens (tertiary/aromatic N) is 3. The summed E-state index contributed by atoms with van der Waals surface area (Å²) in [5, 5.41) is 8.99. The minimum Gasteiger partial charge on any atom is -0.497 e. The summed E-state index contributed by atoms with van der Waals surface area (Å²) < 4.78 is 16.7. The molecule has 0 radical (unpaired) electrons. The van der Waals surface area contributed by atoms with Gasteiger partial charge in [-0.2, -0.15) is 0 Å². The van der Waals surface area contributed by atoms with Crippen LogP contribution in [-0.4, -0.2) is 35.4 Å². The smallest absolute Gasteiger partial charge is 0.369 e. The van der Waals surface area contributed by atoms with E-state index in [1.165, 1.54) is 10.7 Å². The highest BCUT2D eigenvalue weighted by Gasteiger charge is 2.17. The Morgan fingerprint density at radius 1 is 1.18 bits per heavy atom. The number of esters is 1. The lowest BCUT2D eigenvalue weighted by atomic mass is 10.2. The van der Waals surface area contributed by atoms with Gasteiger partial charge >= 0.3 is 11.6 Å². The Bertz CT molecular complexity index is 1450. The van der Waals surface area contributed by atoms with Crippen molar-refractivity contribution in [2.75, 3.05) is 13.7 Å². The Hall–Kier alpha value is -4.25. The van der Waals surface area contributed by atoms with Crippen molar-refractivity contribution in [3.8, 4) is 11.4 Å². The van der Waals surface area contributed by atoms with Crippen LogP contribution in [-0.2, 0) is 4.74 Å². The Kier molecular flexibility index (Phi) is 6.31. The van der Waals surface area contributed by atoms with Crippen LogP contribution in [0.3, 0.4) is 0 Å². The van der Waals surface area contributed by atoms with E-state index in [-0.39, 0.29) is 22.0 Å². The number of nitrogens with one attached hydrogen (secondary N) is 1. The van der Waals surface area contributed by atoms with Gasteiger partial charge in [0.25, 0.3) is 5.91 Å². The molecule has 168 valence electrons. The lowest BCUT2D eigenvalue weighted by Gasteiger charge is -2.04. The first-order chi connectivity index (χ1) is 16.0. The number of fused-ring (bicyclic) bond motifs is 1. The molecule has 0 aliphatic rings. The van der Waals surface area contributed by atoms with Gasteiger partial charge in [-0.1, -0.05) is 29.5 Å². The summed E-state index contributed by atoms with van der Waals surface area (Å²) in [5.74, 6) is -0.746. The molecule has 0 saturated heterocycles. The molecule has 0 atom stereocenters. The van der Waals surface area contributed by atoms with E-state index in [1.54, 1.807) is 62.6 Å². The van der Waals surface area contributed by atoms with E-state index >= 15 is 0 Å². The minimum atomic E-state index is -0.791. The second-order valence-corrected chi connectivity index (χ2v) is 7.51. The fraction of sp³-hybridized carbons (Fsp3) is 0.136. The Balaban J connectivity index is 1.71. The molecule has 1 N–H and O–H groups in total. The molecule has 0 spiro atoms. The zero-order valence-electron chi connectivity index (χ0n) is 17.6. The number of rotatable bonds is 6. The van der Waals surface area contributed by atoms with Crippen molar-refractivity contribution >= 4 is 34.2 Å². The Morgan fingerprint density at radius 3 is 2.67 bits per heavy atom. The van der Waals surface area contributed by atoms with Crippen molar-refractivity contribution in [2.45, 2.75) is 6.92 Å². The summed E-state index contributed by atoms with van der Waals surface area (Å²) in [6.45, 7) is 1.87. The third kappa shape index (κ3) is 4.67. The number of para-hydroxylation sites is 1. The van der Waals surface area contributed by atoms with Gasteiger partial charge < -0.3 is 13.9 Å². The van der Waals surface area contributed by atoms with Gasteiger partial charge in [0.05, 0.1) is 19.4 Å². The van der Waals surface area contributed by atoms with Gasteiger partial charge in [0.1, 0.15) is 16.9 Å². The Morgan fingerprint density at radius 2 is 1.94 bits per heavy atom. The van der Waals surface area contributed by atoms with Crippen molar-refractivity contribution < 1.29 is 23.5 Å². The summed E-state index contributed by atoms with van der Waals surface area (Å²) in [6, 6.07) is 15.1. The first-order valence-electron chi connectivity index (χ1n) is 9.79. The van der Waals surface area contributed by atoms with Gasteiger partial charge in [0, 0.05) is 5.39 Å². The van der Waals surface area contributed by atoms with Crippen molar-refractivity contribution in [1.29, 1.82) is 0 Å². The standard InChI is InChI=1S/C22H18N4O6S/c1-3-31-21(29)19-25-26(14-8-10-15(30-2)11-9-14)22(33-19)24-23-18(27)16-12-13-6-4-5-7-17(13)32-20(16)28/h4-12H,3H2,1-2H3,(H,23,27)/b24-22-. The number of hydrogen-bond donors (Lipinski definition) is 1. The van der Waals surface area contributed by atoms with E-state index in [0.717, 1.165) is 11.3 Å². The number of carbonyl (C=O) groups is 2. The summed E-state index contributed by atoms with van der Waals surface area (Å²) in [6.07, 6.45) is 0. The van der Waals surface area contributed by atoms with E-state index in [1.807, 2.05) is 0 Å². The molecule has 10 nitrogen and oxygen atoms in total. The van der Waals surface area contributed by atoms with Crippen LogP contribution in [0.1, 0.15) is 27.1 Å². The van der Waals surface area contributed by atoms with Gasteiger partial charge in [-0.15, -0.1) is 10.2 Å². The molecular formula is C22H18N4O6S. The second-order valence-electron chi connectivity index (χ2n) is 6.56. The normalized spacial score (nSPS) is 11.4. The summed E-state index contributed by atoms with van der Waals surface area (Å²) in [7, 11) is 1.55. The lowest BCUT2D eigenvalue weighted by molar-refractivity contribution is 0.0524. The first kappa shape index (κ1) is 22.0. The molecule has 2 aromatic carbocycles. The van der Waals surface area contributed by atoms with Gasteiger partial charge in [-0.3, -0.25) is 4.79 Å². The minimum absolute atomic E-state index is 0.0471. The third-order valence-corrected chi connectivity index (χ3v) is 5.35. The maximum absolute atomic E-state index is 12.7. The number of benzene rings is 2. The molecule has 33 heavy (non-hydrogen) atoms. The average Bonchev–Trinajstić information content (AvgIpc) is 3.26. The number of methoxy groups -OCH3 is 1. The molecular weight excluding hydrogens is 448 g/mol. The predicted octanol–water partition coefficient (Wildman–Crippen LogP) is 2.47. The van der Waals surface area contributed by atoms with Gasteiger partial charge in [-0.25, -0.2) is 19.7 Å². The highest BCUT2D eigenvalue weighted by molar-refractivity contribution is 7.10. The fourth-order valence-electron chi connectivity index (χ4n) is 2.90. The summed E-state index contributed by atoms with van der Waals surface area (Å²) in [4.78, 5) is 37.3. The molecule has 0 fully saturated rings. The van der Waals surface area contributed by atoms with Gasteiger partial charge in [-0.05, 0) is 43.3 Å². The summed E-state index contributed by atoms with van der Waals surface area (Å²) >= 11 is 0.919. The molecule has 0 aliphatic carbocycles. The number of ether oxygens (including phenoxy) is 2. The van der Waals surface area contributed by atoms with E-state index in [2.05, 4.69) is 15.6 Å². The topological polar surface area (TPSA) is 125 Å².